The van der Waals surface area contributed by atoms with Gasteiger partial charge in [0.1, 0.15) is 23.6 Å². The summed E-state index contributed by atoms with van der Waals surface area (Å²) in [6.45, 7) is -0.693. The summed E-state index contributed by atoms with van der Waals surface area (Å²) in [4.78, 5) is 0. The van der Waals surface area contributed by atoms with Crippen molar-refractivity contribution in [3.8, 4) is 5.75 Å². The molecule has 0 bridgehead atoms. The van der Waals surface area contributed by atoms with Gasteiger partial charge in [-0.2, -0.15) is 13.2 Å². The number of alkyl halides is 3. The highest BCUT2D eigenvalue weighted by Crippen LogP contribution is 2.57. The molecular weight excluding hydrogens is 456 g/mol. The van der Waals surface area contributed by atoms with Crippen LogP contribution in [0.4, 0.5) is 17.6 Å². The summed E-state index contributed by atoms with van der Waals surface area (Å²) in [5.41, 5.74) is -0.119. The highest BCUT2D eigenvalue weighted by Gasteiger charge is 2.63. The summed E-state index contributed by atoms with van der Waals surface area (Å²) in [5, 5.41) is 19.8. The highest BCUT2D eigenvalue weighted by atomic mass is 19.4. The Morgan fingerprint density at radius 3 is 2.41 bits per heavy atom. The van der Waals surface area contributed by atoms with Crippen molar-refractivity contribution < 1.29 is 42.0 Å². The van der Waals surface area contributed by atoms with Crippen molar-refractivity contribution in [2.24, 2.45) is 5.41 Å². The zero-order valence-corrected chi connectivity index (χ0v) is 18.8. The molecule has 1 saturated heterocycles. The van der Waals surface area contributed by atoms with Crippen molar-refractivity contribution in [1.29, 1.82) is 0 Å². The molecule has 3 atom stereocenters. The zero-order chi connectivity index (χ0) is 24.6. The number of hydrogen-bond donors (Lipinski definition) is 2. The fourth-order valence-electron chi connectivity index (χ4n) is 4.36. The maximum atomic E-state index is 14.6. The van der Waals surface area contributed by atoms with Crippen LogP contribution >= 0.6 is 0 Å². The van der Waals surface area contributed by atoms with Crippen LogP contribution in [-0.4, -0.2) is 48.9 Å². The molecule has 4 rings (SSSR count). The van der Waals surface area contributed by atoms with E-state index >= 15 is 0 Å². The Kier molecular flexibility index (Phi) is 6.92. The smallest absolute Gasteiger partial charge is 0.397 e. The Bertz CT molecular complexity index is 990. The molecule has 5 nitrogen and oxygen atoms in total. The van der Waals surface area contributed by atoms with Gasteiger partial charge in [-0.3, -0.25) is 0 Å². The molecule has 0 spiro atoms. The van der Waals surface area contributed by atoms with E-state index in [0.717, 1.165) is 5.56 Å². The molecule has 1 saturated carbocycles. The monoisotopic (exact) mass is 484 g/mol. The third-order valence-electron chi connectivity index (χ3n) is 6.70. The van der Waals surface area contributed by atoms with Crippen LogP contribution in [0.1, 0.15) is 42.4 Å². The van der Waals surface area contributed by atoms with Crippen molar-refractivity contribution in [3.63, 3.8) is 0 Å². The minimum Gasteiger partial charge on any atom is -0.493 e. The first-order valence-corrected chi connectivity index (χ1v) is 11.2. The summed E-state index contributed by atoms with van der Waals surface area (Å²) in [5.74, 6) is -1.43. The predicted octanol–water partition coefficient (Wildman–Crippen LogP) is 4.47. The number of rotatable bonds is 8. The second-order valence-electron chi connectivity index (χ2n) is 9.17. The van der Waals surface area contributed by atoms with Crippen molar-refractivity contribution in [2.75, 3.05) is 20.3 Å². The fourth-order valence-corrected chi connectivity index (χ4v) is 4.36. The minimum atomic E-state index is -4.27. The van der Waals surface area contributed by atoms with E-state index in [1.54, 1.807) is 30.3 Å². The molecule has 3 unspecified atom stereocenters. The maximum Gasteiger partial charge on any atom is 0.397 e. The maximum absolute atomic E-state index is 14.6. The fraction of sp³-hybridized carbons (Fsp3) is 0.520. The lowest BCUT2D eigenvalue weighted by molar-refractivity contribution is -0.298. The Hall–Kier alpha value is -2.20. The normalized spacial score (nSPS) is 26.3. The van der Waals surface area contributed by atoms with Gasteiger partial charge in [0, 0.05) is 31.9 Å². The van der Waals surface area contributed by atoms with Gasteiger partial charge in [0.15, 0.2) is 5.79 Å². The molecule has 34 heavy (non-hydrogen) atoms. The van der Waals surface area contributed by atoms with Crippen LogP contribution in [0.15, 0.2) is 42.5 Å². The summed E-state index contributed by atoms with van der Waals surface area (Å²) in [6, 6.07) is 11.0. The summed E-state index contributed by atoms with van der Waals surface area (Å²) >= 11 is 0. The molecular formula is C25H28F4O5. The second kappa shape index (κ2) is 9.45. The predicted molar refractivity (Wildman–Crippen MR) is 115 cm³/mol. The topological polar surface area (TPSA) is 68.2 Å². The number of halogens is 4. The molecule has 2 fully saturated rings. The Morgan fingerprint density at radius 1 is 1.12 bits per heavy atom. The van der Waals surface area contributed by atoms with Crippen LogP contribution in [0.3, 0.4) is 0 Å². The number of hydrogen-bond acceptors (Lipinski definition) is 5. The number of benzene rings is 2. The van der Waals surface area contributed by atoms with Gasteiger partial charge in [-0.15, -0.1) is 0 Å². The van der Waals surface area contributed by atoms with E-state index in [0.29, 0.717) is 16.9 Å². The number of aliphatic hydroxyl groups is 2. The SMILES string of the molecule is COC1(c2ccc(F)c(Cc3ccc(OCC4(C(F)(F)F)CC4)cc3)c2)CC(O)CC(CO)O1. The van der Waals surface area contributed by atoms with E-state index in [2.05, 4.69) is 0 Å². The van der Waals surface area contributed by atoms with Crippen LogP contribution in [0.5, 0.6) is 5.75 Å². The van der Waals surface area contributed by atoms with E-state index in [1.807, 2.05) is 0 Å². The second-order valence-corrected chi connectivity index (χ2v) is 9.17. The van der Waals surface area contributed by atoms with Crippen molar-refractivity contribution in [1.82, 2.24) is 0 Å². The van der Waals surface area contributed by atoms with Gasteiger partial charge in [-0.25, -0.2) is 4.39 Å². The molecule has 0 amide bonds. The van der Waals surface area contributed by atoms with Crippen molar-refractivity contribution in [3.05, 3.63) is 65.0 Å². The van der Waals surface area contributed by atoms with Gasteiger partial charge in [-0.05, 0) is 48.2 Å². The van der Waals surface area contributed by atoms with Crippen LogP contribution in [-0.2, 0) is 21.7 Å². The highest BCUT2D eigenvalue weighted by molar-refractivity contribution is 5.35. The van der Waals surface area contributed by atoms with Gasteiger partial charge in [0.2, 0.25) is 0 Å². The average Bonchev–Trinajstić information content (AvgIpc) is 3.61. The molecule has 0 aromatic heterocycles. The third-order valence-corrected chi connectivity index (χ3v) is 6.70. The lowest BCUT2D eigenvalue weighted by Crippen LogP contribution is -2.46. The standard InChI is InChI=1S/C25H28F4O5/c1-32-24(13-19(31)12-21(14-30)34-24)18-4-7-22(26)17(11-18)10-16-2-5-20(6-3-16)33-15-23(8-9-23)25(27,28)29/h2-7,11,19,21,30-31H,8-10,12-15H2,1H3. The molecule has 186 valence electrons. The molecule has 1 aliphatic heterocycles. The molecule has 2 aromatic rings. The number of aliphatic hydroxyl groups excluding tert-OH is 2. The quantitative estimate of drug-likeness (QED) is 0.542. The van der Waals surface area contributed by atoms with Crippen LogP contribution in [0.25, 0.3) is 0 Å². The van der Waals surface area contributed by atoms with Crippen LogP contribution < -0.4 is 4.74 Å². The molecule has 2 aliphatic rings. The van der Waals surface area contributed by atoms with Gasteiger partial charge < -0.3 is 24.4 Å². The number of methoxy groups -OCH3 is 1. The summed E-state index contributed by atoms with van der Waals surface area (Å²) in [6.07, 6.45) is -4.86. The van der Waals surface area contributed by atoms with E-state index in [4.69, 9.17) is 14.2 Å². The Morgan fingerprint density at radius 2 is 1.82 bits per heavy atom. The first kappa shape index (κ1) is 24.9. The lowest BCUT2D eigenvalue weighted by atomic mass is 9.90. The first-order chi connectivity index (χ1) is 16.1. The number of ether oxygens (including phenoxy) is 3. The van der Waals surface area contributed by atoms with E-state index in [1.165, 1.54) is 19.2 Å². The average molecular weight is 484 g/mol. The summed E-state index contributed by atoms with van der Waals surface area (Å²) in [7, 11) is 1.43. The molecule has 2 aromatic carbocycles. The molecule has 9 heteroatoms. The summed E-state index contributed by atoms with van der Waals surface area (Å²) < 4.78 is 70.7. The van der Waals surface area contributed by atoms with Crippen LogP contribution in [0.2, 0.25) is 0 Å². The molecule has 2 N–H and O–H groups in total. The van der Waals surface area contributed by atoms with E-state index in [9.17, 15) is 27.8 Å². The first-order valence-electron chi connectivity index (χ1n) is 11.2. The molecule has 1 aliphatic carbocycles. The van der Waals surface area contributed by atoms with Crippen molar-refractivity contribution >= 4 is 0 Å². The van der Waals surface area contributed by atoms with E-state index in [-0.39, 0.29) is 38.7 Å². The van der Waals surface area contributed by atoms with E-state index < -0.39 is 42.0 Å². The van der Waals surface area contributed by atoms with Gasteiger partial charge in [-0.1, -0.05) is 18.2 Å². The largest absolute Gasteiger partial charge is 0.493 e. The van der Waals surface area contributed by atoms with Crippen LogP contribution in [0, 0.1) is 11.2 Å². The Labute approximate surface area is 195 Å². The lowest BCUT2D eigenvalue weighted by Gasteiger charge is -2.42. The van der Waals surface area contributed by atoms with Gasteiger partial charge >= 0.3 is 6.18 Å². The zero-order valence-electron chi connectivity index (χ0n) is 18.8. The third kappa shape index (κ3) is 5.07. The molecule has 0 radical (unpaired) electrons. The van der Waals surface area contributed by atoms with Gasteiger partial charge in [0.25, 0.3) is 0 Å². The Balaban J connectivity index is 1.47. The van der Waals surface area contributed by atoms with Crippen molar-refractivity contribution in [2.45, 2.75) is 56.3 Å². The van der Waals surface area contributed by atoms with Gasteiger partial charge in [0.05, 0.1) is 18.8 Å². The minimum absolute atomic E-state index is 0.0763. The molecule has 1 heterocycles.